The third kappa shape index (κ3) is 4.00. The van der Waals surface area contributed by atoms with E-state index in [1.807, 2.05) is 4.90 Å². The summed E-state index contributed by atoms with van der Waals surface area (Å²) in [5.41, 5.74) is 0. The van der Waals surface area contributed by atoms with Gasteiger partial charge in [-0.15, -0.1) is 0 Å². The Bertz CT molecular complexity index is 274. The number of nitrogens with zero attached hydrogens (tertiary/aromatic N) is 1. The summed E-state index contributed by atoms with van der Waals surface area (Å²) in [6, 6.07) is -0.540. The molecule has 0 bridgehead atoms. The Balaban J connectivity index is 2.35. The highest BCUT2D eigenvalue weighted by Gasteiger charge is 2.35. The van der Waals surface area contributed by atoms with Crippen LogP contribution < -0.4 is 0 Å². The van der Waals surface area contributed by atoms with Gasteiger partial charge in [0.2, 0.25) is 0 Å². The van der Waals surface area contributed by atoms with Crippen molar-refractivity contribution in [2.24, 2.45) is 5.92 Å². The van der Waals surface area contributed by atoms with Crippen LogP contribution in [-0.2, 0) is 14.3 Å². The molecule has 0 aliphatic carbocycles. The van der Waals surface area contributed by atoms with Crippen LogP contribution in [0, 0.1) is 5.92 Å². The van der Waals surface area contributed by atoms with Crippen molar-refractivity contribution in [1.29, 1.82) is 0 Å². The first kappa shape index (κ1) is 14.0. The zero-order chi connectivity index (χ0) is 12.8. The SMILES string of the molecule is CCCC1CN(C(CCC(=O)OC)C(=O)O)C1. The quantitative estimate of drug-likeness (QED) is 0.679. The summed E-state index contributed by atoms with van der Waals surface area (Å²) in [6.07, 6.45) is 2.79. The van der Waals surface area contributed by atoms with Gasteiger partial charge in [0, 0.05) is 19.5 Å². The number of aliphatic carboxylic acids is 1. The standard InChI is InChI=1S/C12H21NO4/c1-3-4-9-7-13(8-9)10(12(15)16)5-6-11(14)17-2/h9-10H,3-8H2,1-2H3,(H,15,16). The number of likely N-dealkylation sites (tertiary alicyclic amines) is 1. The second-order valence-electron chi connectivity index (χ2n) is 4.58. The number of rotatable bonds is 7. The molecule has 1 N–H and O–H groups in total. The van der Waals surface area contributed by atoms with Gasteiger partial charge in [0.15, 0.2) is 0 Å². The van der Waals surface area contributed by atoms with E-state index in [4.69, 9.17) is 5.11 Å². The summed E-state index contributed by atoms with van der Waals surface area (Å²) < 4.78 is 4.52. The molecule has 98 valence electrons. The molecule has 1 fully saturated rings. The molecule has 1 unspecified atom stereocenters. The van der Waals surface area contributed by atoms with Crippen molar-refractivity contribution < 1.29 is 19.4 Å². The van der Waals surface area contributed by atoms with E-state index in [9.17, 15) is 9.59 Å². The van der Waals surface area contributed by atoms with Crippen molar-refractivity contribution >= 4 is 11.9 Å². The fraction of sp³-hybridized carbons (Fsp3) is 0.833. The lowest BCUT2D eigenvalue weighted by Gasteiger charge is -2.42. The zero-order valence-electron chi connectivity index (χ0n) is 10.5. The van der Waals surface area contributed by atoms with Crippen LogP contribution in [0.3, 0.4) is 0 Å². The Morgan fingerprint density at radius 2 is 2.12 bits per heavy atom. The molecule has 1 rings (SSSR count). The van der Waals surface area contributed by atoms with Crippen LogP contribution in [0.1, 0.15) is 32.6 Å². The number of carbonyl (C=O) groups is 2. The van der Waals surface area contributed by atoms with Crippen LogP contribution in [-0.4, -0.2) is 48.2 Å². The normalized spacial score (nSPS) is 18.5. The molecule has 0 amide bonds. The van der Waals surface area contributed by atoms with E-state index in [1.54, 1.807) is 0 Å². The van der Waals surface area contributed by atoms with Gasteiger partial charge in [0.25, 0.3) is 0 Å². The van der Waals surface area contributed by atoms with Crippen molar-refractivity contribution in [3.05, 3.63) is 0 Å². The molecule has 1 aliphatic rings. The van der Waals surface area contributed by atoms with Gasteiger partial charge in [0.1, 0.15) is 6.04 Å². The number of carboxylic acid groups (broad SMARTS) is 1. The number of hydrogen-bond donors (Lipinski definition) is 1. The molecule has 1 atom stereocenters. The van der Waals surface area contributed by atoms with E-state index in [-0.39, 0.29) is 12.4 Å². The Kier molecular flexibility index (Phi) is 5.41. The maximum Gasteiger partial charge on any atom is 0.320 e. The fourth-order valence-electron chi connectivity index (χ4n) is 2.27. The second-order valence-corrected chi connectivity index (χ2v) is 4.58. The average molecular weight is 243 g/mol. The molecule has 0 radical (unpaired) electrons. The largest absolute Gasteiger partial charge is 0.480 e. The maximum absolute atomic E-state index is 11.1. The Morgan fingerprint density at radius 1 is 1.47 bits per heavy atom. The number of hydrogen-bond acceptors (Lipinski definition) is 4. The summed E-state index contributed by atoms with van der Waals surface area (Å²) in [5, 5.41) is 9.12. The Hall–Kier alpha value is -1.10. The van der Waals surface area contributed by atoms with E-state index in [0.29, 0.717) is 12.3 Å². The third-order valence-electron chi connectivity index (χ3n) is 3.26. The van der Waals surface area contributed by atoms with Crippen molar-refractivity contribution in [3.63, 3.8) is 0 Å². The van der Waals surface area contributed by atoms with Gasteiger partial charge >= 0.3 is 11.9 Å². The molecular weight excluding hydrogens is 222 g/mol. The van der Waals surface area contributed by atoms with Gasteiger partial charge in [-0.3, -0.25) is 14.5 Å². The summed E-state index contributed by atoms with van der Waals surface area (Å²) in [5.74, 6) is -0.564. The Labute approximate surface area is 102 Å². The summed E-state index contributed by atoms with van der Waals surface area (Å²) >= 11 is 0. The van der Waals surface area contributed by atoms with Gasteiger partial charge in [-0.05, 0) is 18.8 Å². The molecule has 1 saturated heterocycles. The lowest BCUT2D eigenvalue weighted by atomic mass is 9.92. The minimum Gasteiger partial charge on any atom is -0.480 e. The van der Waals surface area contributed by atoms with Crippen molar-refractivity contribution in [1.82, 2.24) is 4.90 Å². The Morgan fingerprint density at radius 3 is 2.59 bits per heavy atom. The molecular formula is C12H21NO4. The molecule has 1 heterocycles. The highest BCUT2D eigenvalue weighted by atomic mass is 16.5. The first-order valence-corrected chi connectivity index (χ1v) is 6.12. The number of ether oxygens (including phenoxy) is 1. The van der Waals surface area contributed by atoms with Gasteiger partial charge in [0.05, 0.1) is 7.11 Å². The first-order valence-electron chi connectivity index (χ1n) is 6.12. The van der Waals surface area contributed by atoms with Crippen LogP contribution in [0.25, 0.3) is 0 Å². The van der Waals surface area contributed by atoms with Gasteiger partial charge in [-0.2, -0.15) is 0 Å². The molecule has 1 aliphatic heterocycles. The molecule has 5 nitrogen and oxygen atoms in total. The number of methoxy groups -OCH3 is 1. The smallest absolute Gasteiger partial charge is 0.320 e. The van der Waals surface area contributed by atoms with E-state index in [1.165, 1.54) is 7.11 Å². The van der Waals surface area contributed by atoms with Crippen molar-refractivity contribution in [3.8, 4) is 0 Å². The molecule has 0 spiro atoms. The van der Waals surface area contributed by atoms with Crippen LogP contribution in [0.15, 0.2) is 0 Å². The van der Waals surface area contributed by atoms with E-state index < -0.39 is 12.0 Å². The number of carboxylic acids is 1. The molecule has 0 aromatic rings. The highest BCUT2D eigenvalue weighted by molar-refractivity contribution is 5.75. The van der Waals surface area contributed by atoms with Crippen molar-refractivity contribution in [2.75, 3.05) is 20.2 Å². The number of carbonyl (C=O) groups excluding carboxylic acids is 1. The van der Waals surface area contributed by atoms with E-state index in [2.05, 4.69) is 11.7 Å². The summed E-state index contributed by atoms with van der Waals surface area (Å²) in [4.78, 5) is 24.0. The van der Waals surface area contributed by atoms with Gasteiger partial charge in [-0.1, -0.05) is 13.3 Å². The second kappa shape index (κ2) is 6.59. The lowest BCUT2D eigenvalue weighted by molar-refractivity contribution is -0.148. The number of esters is 1. The van der Waals surface area contributed by atoms with Crippen LogP contribution in [0.2, 0.25) is 0 Å². The van der Waals surface area contributed by atoms with E-state index >= 15 is 0 Å². The molecule has 5 heteroatoms. The van der Waals surface area contributed by atoms with Gasteiger partial charge in [-0.25, -0.2) is 0 Å². The highest BCUT2D eigenvalue weighted by Crippen LogP contribution is 2.24. The predicted octanol–water partition coefficient (Wildman–Crippen LogP) is 1.12. The molecule has 17 heavy (non-hydrogen) atoms. The molecule has 0 aromatic heterocycles. The fourth-order valence-corrected chi connectivity index (χ4v) is 2.27. The van der Waals surface area contributed by atoms with Crippen LogP contribution >= 0.6 is 0 Å². The average Bonchev–Trinajstić information content (AvgIpc) is 2.24. The van der Waals surface area contributed by atoms with Crippen LogP contribution in [0.4, 0.5) is 0 Å². The lowest BCUT2D eigenvalue weighted by Crippen LogP contribution is -2.54. The predicted molar refractivity (Wildman–Crippen MR) is 62.6 cm³/mol. The topological polar surface area (TPSA) is 66.8 Å². The van der Waals surface area contributed by atoms with Crippen molar-refractivity contribution in [2.45, 2.75) is 38.6 Å². The maximum atomic E-state index is 11.1. The monoisotopic (exact) mass is 243 g/mol. The summed E-state index contributed by atoms with van der Waals surface area (Å²) in [6.45, 7) is 3.81. The summed E-state index contributed by atoms with van der Waals surface area (Å²) in [7, 11) is 1.32. The third-order valence-corrected chi connectivity index (χ3v) is 3.26. The molecule has 0 saturated carbocycles. The molecule has 0 aromatic carbocycles. The minimum atomic E-state index is -0.844. The van der Waals surface area contributed by atoms with Crippen LogP contribution in [0.5, 0.6) is 0 Å². The first-order chi connectivity index (χ1) is 8.08. The zero-order valence-corrected chi connectivity index (χ0v) is 10.5. The van der Waals surface area contributed by atoms with Gasteiger partial charge < -0.3 is 9.84 Å². The minimum absolute atomic E-state index is 0.169. The van der Waals surface area contributed by atoms with E-state index in [0.717, 1.165) is 25.9 Å².